The zero-order valence-corrected chi connectivity index (χ0v) is 23.6. The van der Waals surface area contributed by atoms with Gasteiger partial charge in [-0.15, -0.1) is 0 Å². The number of aldehydes is 1. The van der Waals surface area contributed by atoms with Crippen LogP contribution in [0.4, 0.5) is 11.4 Å². The molecule has 200 valence electrons. The van der Waals surface area contributed by atoms with Gasteiger partial charge in [-0.05, 0) is 84.5 Å². The van der Waals surface area contributed by atoms with Gasteiger partial charge in [0.1, 0.15) is 6.29 Å². The highest BCUT2D eigenvalue weighted by Gasteiger charge is 2.19. The molecule has 1 aliphatic rings. The second kappa shape index (κ2) is 14.0. The number of nitrogens with zero attached hydrogens (tertiary/aromatic N) is 1. The Bertz CT molecular complexity index is 1220. The summed E-state index contributed by atoms with van der Waals surface area (Å²) < 4.78 is 0. The van der Waals surface area contributed by atoms with E-state index in [1.54, 1.807) is 24.3 Å². The van der Waals surface area contributed by atoms with E-state index < -0.39 is 0 Å². The monoisotopic (exact) mass is 530 g/mol. The Morgan fingerprint density at radius 2 is 1.74 bits per heavy atom. The number of nitrogens with one attached hydrogen (secondary N) is 1. The SMILES string of the molecule is C=C(c1ccc(CCCC(C)(C)CC=O)cc1)N1CCCc2ccccc21.CC(=O)Nc1ccc(Cl)cc1. The minimum Gasteiger partial charge on any atom is -0.341 e. The molecule has 3 aromatic rings. The zero-order valence-electron chi connectivity index (χ0n) is 22.8. The average molecular weight is 531 g/mol. The molecule has 5 heteroatoms. The summed E-state index contributed by atoms with van der Waals surface area (Å²) in [4.78, 5) is 23.7. The minimum absolute atomic E-state index is 0.0766. The van der Waals surface area contributed by atoms with Gasteiger partial charge >= 0.3 is 0 Å². The molecule has 0 bridgehead atoms. The number of amides is 1. The van der Waals surface area contributed by atoms with Crippen LogP contribution in [0.1, 0.15) is 63.1 Å². The quantitative estimate of drug-likeness (QED) is 0.283. The maximum absolute atomic E-state index is 10.8. The van der Waals surface area contributed by atoms with E-state index in [0.717, 1.165) is 49.9 Å². The first-order valence-corrected chi connectivity index (χ1v) is 13.7. The predicted octanol–water partition coefficient (Wildman–Crippen LogP) is 8.35. The summed E-state index contributed by atoms with van der Waals surface area (Å²) in [7, 11) is 0. The van der Waals surface area contributed by atoms with E-state index in [2.05, 4.69) is 79.2 Å². The van der Waals surface area contributed by atoms with E-state index in [9.17, 15) is 9.59 Å². The number of carbonyl (C=O) groups is 2. The van der Waals surface area contributed by atoms with Gasteiger partial charge in [-0.25, -0.2) is 0 Å². The first kappa shape index (κ1) is 29.2. The van der Waals surface area contributed by atoms with Crippen LogP contribution in [0.3, 0.4) is 0 Å². The summed E-state index contributed by atoms with van der Waals surface area (Å²) in [5.74, 6) is -0.0766. The molecule has 4 rings (SSSR count). The third-order valence-corrected chi connectivity index (χ3v) is 7.09. The topological polar surface area (TPSA) is 49.4 Å². The molecule has 0 radical (unpaired) electrons. The largest absolute Gasteiger partial charge is 0.341 e. The molecule has 1 N–H and O–H groups in total. The first-order chi connectivity index (χ1) is 18.2. The van der Waals surface area contributed by atoms with Crippen LogP contribution < -0.4 is 10.2 Å². The number of aryl methyl sites for hydroxylation is 2. The highest BCUT2D eigenvalue weighted by molar-refractivity contribution is 6.30. The number of anilines is 2. The number of carbonyl (C=O) groups excluding carboxylic acids is 2. The summed E-state index contributed by atoms with van der Waals surface area (Å²) in [6.07, 6.45) is 7.25. The number of benzene rings is 3. The Balaban J connectivity index is 0.000000304. The Labute approximate surface area is 232 Å². The average Bonchev–Trinajstić information content (AvgIpc) is 2.90. The van der Waals surface area contributed by atoms with Crippen molar-refractivity contribution < 1.29 is 9.59 Å². The minimum atomic E-state index is -0.0766. The van der Waals surface area contributed by atoms with Gasteiger partial charge in [-0.3, -0.25) is 4.79 Å². The number of halogens is 1. The molecule has 38 heavy (non-hydrogen) atoms. The molecule has 0 spiro atoms. The van der Waals surface area contributed by atoms with Crippen LogP contribution in [0, 0.1) is 5.41 Å². The summed E-state index contributed by atoms with van der Waals surface area (Å²) in [5.41, 5.74) is 7.22. The molecule has 0 aliphatic carbocycles. The third-order valence-electron chi connectivity index (χ3n) is 6.84. The standard InChI is InChI=1S/C25H31NO.C8H8ClNO/c1-20(26-18-7-10-23-9-4-5-11-24(23)26)22-14-12-21(13-15-22)8-6-16-25(2,3)17-19-27;1-6(11)10-8-4-2-7(9)3-5-8/h4-5,9,11-15,19H,1,6-8,10,16-18H2,2-3H3;2-5H,1H3,(H,10,11). The van der Waals surface area contributed by atoms with Crippen molar-refractivity contribution in [3.8, 4) is 0 Å². The van der Waals surface area contributed by atoms with Crippen LogP contribution in [0.2, 0.25) is 5.02 Å². The predicted molar refractivity (Wildman–Crippen MR) is 161 cm³/mol. The van der Waals surface area contributed by atoms with Gasteiger partial charge < -0.3 is 15.0 Å². The van der Waals surface area contributed by atoms with Gasteiger partial charge in [0.05, 0.1) is 0 Å². The highest BCUT2D eigenvalue weighted by atomic mass is 35.5. The lowest BCUT2D eigenvalue weighted by Gasteiger charge is -2.33. The molecule has 1 amide bonds. The van der Waals surface area contributed by atoms with Crippen LogP contribution in [0.25, 0.3) is 5.70 Å². The van der Waals surface area contributed by atoms with Crippen LogP contribution in [0.5, 0.6) is 0 Å². The van der Waals surface area contributed by atoms with Crippen LogP contribution in [-0.4, -0.2) is 18.7 Å². The van der Waals surface area contributed by atoms with E-state index in [1.807, 2.05) is 0 Å². The number of hydrogen-bond acceptors (Lipinski definition) is 3. The summed E-state index contributed by atoms with van der Waals surface area (Å²) in [5, 5.41) is 3.30. The molecule has 3 aromatic carbocycles. The van der Waals surface area contributed by atoms with Gasteiger partial charge in [0.15, 0.2) is 0 Å². The number of rotatable bonds is 9. The number of hydrogen-bond donors (Lipinski definition) is 1. The van der Waals surface area contributed by atoms with Crippen molar-refractivity contribution in [2.75, 3.05) is 16.8 Å². The Morgan fingerprint density at radius 3 is 2.39 bits per heavy atom. The van der Waals surface area contributed by atoms with Crippen molar-refractivity contribution in [2.24, 2.45) is 5.41 Å². The maximum atomic E-state index is 10.8. The number of para-hydroxylation sites is 1. The fraction of sp³-hybridized carbons (Fsp3) is 0.333. The molecule has 0 atom stereocenters. The second-order valence-corrected chi connectivity index (χ2v) is 11.0. The summed E-state index contributed by atoms with van der Waals surface area (Å²) >= 11 is 5.64. The van der Waals surface area contributed by atoms with E-state index in [0.29, 0.717) is 11.4 Å². The van der Waals surface area contributed by atoms with Gasteiger partial charge in [-0.2, -0.15) is 0 Å². The lowest BCUT2D eigenvalue weighted by molar-refractivity contribution is -0.114. The van der Waals surface area contributed by atoms with Crippen molar-refractivity contribution in [2.45, 2.75) is 59.3 Å². The third kappa shape index (κ3) is 8.88. The Kier molecular flexibility index (Phi) is 10.7. The fourth-order valence-corrected chi connectivity index (χ4v) is 4.79. The van der Waals surface area contributed by atoms with Gasteiger partial charge in [0.2, 0.25) is 5.91 Å². The smallest absolute Gasteiger partial charge is 0.221 e. The van der Waals surface area contributed by atoms with Gasteiger partial charge in [0, 0.05) is 42.0 Å². The van der Waals surface area contributed by atoms with E-state index in [4.69, 9.17) is 11.6 Å². The molecule has 1 heterocycles. The molecule has 4 nitrogen and oxygen atoms in total. The summed E-state index contributed by atoms with van der Waals surface area (Å²) in [6.45, 7) is 11.2. The summed E-state index contributed by atoms with van der Waals surface area (Å²) in [6, 6.07) is 24.5. The Hall–Kier alpha value is -3.37. The van der Waals surface area contributed by atoms with Crippen molar-refractivity contribution in [1.82, 2.24) is 0 Å². The van der Waals surface area contributed by atoms with Crippen LogP contribution in [0.15, 0.2) is 79.4 Å². The Morgan fingerprint density at radius 1 is 1.05 bits per heavy atom. The fourth-order valence-electron chi connectivity index (χ4n) is 4.67. The van der Waals surface area contributed by atoms with Gasteiger partial charge in [0.25, 0.3) is 0 Å². The molecule has 0 saturated heterocycles. The first-order valence-electron chi connectivity index (χ1n) is 13.3. The molecule has 0 aromatic heterocycles. The lowest BCUT2D eigenvalue weighted by Crippen LogP contribution is -2.27. The molecule has 0 saturated carbocycles. The van der Waals surface area contributed by atoms with Crippen LogP contribution >= 0.6 is 11.6 Å². The normalized spacial score (nSPS) is 12.6. The molecular weight excluding hydrogens is 492 g/mol. The van der Waals surface area contributed by atoms with Crippen LogP contribution in [-0.2, 0) is 22.4 Å². The van der Waals surface area contributed by atoms with Crippen molar-refractivity contribution in [1.29, 1.82) is 0 Å². The van der Waals surface area contributed by atoms with Crippen molar-refractivity contribution in [3.63, 3.8) is 0 Å². The molecule has 0 fully saturated rings. The molecule has 0 unspecified atom stereocenters. The van der Waals surface area contributed by atoms with Crippen molar-refractivity contribution >= 4 is 40.9 Å². The van der Waals surface area contributed by atoms with E-state index in [-0.39, 0.29) is 11.3 Å². The highest BCUT2D eigenvalue weighted by Crippen LogP contribution is 2.33. The van der Waals surface area contributed by atoms with Crippen molar-refractivity contribution in [3.05, 3.63) is 101 Å². The second-order valence-electron chi connectivity index (χ2n) is 10.6. The van der Waals surface area contributed by atoms with Gasteiger partial charge in [-0.1, -0.05) is 74.5 Å². The molecule has 1 aliphatic heterocycles. The zero-order chi connectivity index (χ0) is 27.5. The van der Waals surface area contributed by atoms with E-state index >= 15 is 0 Å². The van der Waals surface area contributed by atoms with E-state index in [1.165, 1.54) is 35.7 Å². The number of fused-ring (bicyclic) bond motifs is 1. The lowest BCUT2D eigenvalue weighted by atomic mass is 9.84. The molecular formula is C33H39ClN2O2. The maximum Gasteiger partial charge on any atom is 0.221 e.